The van der Waals surface area contributed by atoms with Crippen molar-refractivity contribution in [1.29, 1.82) is 0 Å². The van der Waals surface area contributed by atoms with Crippen LogP contribution in [-0.2, 0) is 9.59 Å². The number of carboxylic acid groups (broad SMARTS) is 1. The molecule has 15 nitrogen and oxygen atoms in total. The first kappa shape index (κ1) is 36.3. The van der Waals surface area contributed by atoms with Crippen LogP contribution in [-0.4, -0.2) is 95.6 Å². The fourth-order valence-electron chi connectivity index (χ4n) is 4.45. The zero-order valence-electron chi connectivity index (χ0n) is 25.1. The van der Waals surface area contributed by atoms with Crippen molar-refractivity contribution in [2.75, 3.05) is 53.6 Å². The van der Waals surface area contributed by atoms with Gasteiger partial charge < -0.3 is 35.0 Å². The lowest BCUT2D eigenvalue weighted by Crippen LogP contribution is -2.34. The molecule has 0 spiro atoms. The van der Waals surface area contributed by atoms with Crippen molar-refractivity contribution < 1.29 is 44.2 Å². The summed E-state index contributed by atoms with van der Waals surface area (Å²) in [5, 5.41) is 49.3. The van der Waals surface area contributed by atoms with Crippen LogP contribution in [0.2, 0.25) is 0 Å². The molecular formula is C30H38N4O11. The van der Waals surface area contributed by atoms with Gasteiger partial charge in [0.05, 0.1) is 43.7 Å². The topological polar surface area (TPSA) is 215 Å². The highest BCUT2D eigenvalue weighted by Gasteiger charge is 2.20. The van der Waals surface area contributed by atoms with E-state index in [4.69, 9.17) is 24.8 Å². The van der Waals surface area contributed by atoms with Crippen molar-refractivity contribution in [2.45, 2.75) is 25.7 Å². The SMILES string of the molecule is COc1cc(C2=CCN(C(=O)CCO)CC2)ccc1[N+](=O)[O-].COc1cc(C2=CCNCC2)ccc1[N+](=O)[O-].O=C(O)CCO. The van der Waals surface area contributed by atoms with Crippen LogP contribution in [0, 0.1) is 20.2 Å². The average Bonchev–Trinajstić information content (AvgIpc) is 3.05. The molecule has 2 aliphatic rings. The first-order valence-electron chi connectivity index (χ1n) is 14.0. The van der Waals surface area contributed by atoms with E-state index < -0.39 is 15.8 Å². The van der Waals surface area contributed by atoms with Crippen LogP contribution >= 0.6 is 0 Å². The first-order chi connectivity index (χ1) is 21.6. The number of hydrogen-bond acceptors (Lipinski definition) is 11. The summed E-state index contributed by atoms with van der Waals surface area (Å²) in [6, 6.07) is 9.77. The Kier molecular flexibility index (Phi) is 15.1. The quantitative estimate of drug-likeness (QED) is 0.220. The van der Waals surface area contributed by atoms with E-state index in [0.717, 1.165) is 36.2 Å². The number of methoxy groups -OCH3 is 2. The maximum Gasteiger partial charge on any atom is 0.310 e. The second-order valence-corrected chi connectivity index (χ2v) is 9.63. The fourth-order valence-corrected chi connectivity index (χ4v) is 4.45. The molecule has 0 atom stereocenters. The Morgan fingerprint density at radius 1 is 0.867 bits per heavy atom. The number of carboxylic acids is 1. The van der Waals surface area contributed by atoms with E-state index in [0.29, 0.717) is 25.3 Å². The number of nitrogens with zero attached hydrogens (tertiary/aromatic N) is 3. The van der Waals surface area contributed by atoms with E-state index in [9.17, 15) is 29.8 Å². The minimum Gasteiger partial charge on any atom is -0.490 e. The number of benzene rings is 2. The summed E-state index contributed by atoms with van der Waals surface area (Å²) < 4.78 is 10.1. The van der Waals surface area contributed by atoms with E-state index in [2.05, 4.69) is 11.4 Å². The molecule has 0 aromatic heterocycles. The second kappa shape index (κ2) is 18.7. The van der Waals surface area contributed by atoms with Gasteiger partial charge in [-0.2, -0.15) is 0 Å². The Labute approximate surface area is 259 Å². The zero-order valence-corrected chi connectivity index (χ0v) is 25.1. The maximum atomic E-state index is 11.7. The van der Waals surface area contributed by atoms with Gasteiger partial charge in [-0.05, 0) is 65.9 Å². The normalized spacial score (nSPS) is 13.9. The molecule has 4 rings (SSSR count). The number of amides is 1. The number of carbonyl (C=O) groups excluding carboxylic acids is 1. The third kappa shape index (κ3) is 11.3. The summed E-state index contributed by atoms with van der Waals surface area (Å²) in [4.78, 5) is 43.6. The number of nitro benzene ring substituents is 2. The summed E-state index contributed by atoms with van der Waals surface area (Å²) in [6.45, 7) is 2.41. The third-order valence-electron chi connectivity index (χ3n) is 6.77. The van der Waals surface area contributed by atoms with Gasteiger partial charge in [-0.15, -0.1) is 0 Å². The minimum atomic E-state index is -0.961. The van der Waals surface area contributed by atoms with E-state index in [1.807, 2.05) is 6.08 Å². The number of rotatable bonds is 10. The molecule has 0 unspecified atom stereocenters. The number of nitro groups is 2. The molecule has 2 aromatic carbocycles. The van der Waals surface area contributed by atoms with E-state index in [1.54, 1.807) is 29.2 Å². The Hall–Kier alpha value is -4.86. The Balaban J connectivity index is 0.000000272. The molecule has 0 fully saturated rings. The van der Waals surface area contributed by atoms with Gasteiger partial charge in [-0.1, -0.05) is 12.2 Å². The monoisotopic (exact) mass is 630 g/mol. The molecule has 2 heterocycles. The fraction of sp³-hybridized carbons (Fsp3) is 0.400. The van der Waals surface area contributed by atoms with E-state index in [-0.39, 0.29) is 49.1 Å². The van der Waals surface area contributed by atoms with Crippen LogP contribution in [0.25, 0.3) is 11.1 Å². The molecule has 15 heteroatoms. The van der Waals surface area contributed by atoms with E-state index in [1.165, 1.54) is 31.9 Å². The number of ether oxygens (including phenoxy) is 2. The summed E-state index contributed by atoms with van der Waals surface area (Å²) in [6.07, 6.45) is 5.61. The molecule has 4 N–H and O–H groups in total. The second-order valence-electron chi connectivity index (χ2n) is 9.63. The van der Waals surface area contributed by atoms with Gasteiger partial charge in [0.15, 0.2) is 11.5 Å². The summed E-state index contributed by atoms with van der Waals surface area (Å²) in [7, 11) is 2.85. The van der Waals surface area contributed by atoms with Gasteiger partial charge in [0.1, 0.15) is 0 Å². The Morgan fingerprint density at radius 2 is 1.40 bits per heavy atom. The number of carbonyl (C=O) groups is 2. The third-order valence-corrected chi connectivity index (χ3v) is 6.77. The highest BCUT2D eigenvalue weighted by atomic mass is 16.6. The van der Waals surface area contributed by atoms with Crippen molar-refractivity contribution in [1.82, 2.24) is 10.2 Å². The van der Waals surface area contributed by atoms with E-state index >= 15 is 0 Å². The Morgan fingerprint density at radius 3 is 1.76 bits per heavy atom. The molecule has 0 saturated carbocycles. The van der Waals surface area contributed by atoms with Gasteiger partial charge in [-0.25, -0.2) is 0 Å². The molecule has 244 valence electrons. The standard InChI is InChI=1S/C15H18N2O5.C12H14N2O3.C3H6O3/c1-22-14-10-12(2-3-13(14)17(20)21)11-4-7-16(8-5-11)15(19)6-9-18;1-17-12-8-10(2-3-11(12)14(15)16)9-4-6-13-7-5-9;4-2-1-3(5)6/h2-4,10,18H,5-9H2,1H3;2-4,8,13H,5-7H2,1H3;4H,1-2H2,(H,5,6). The van der Waals surface area contributed by atoms with Crippen LogP contribution in [0.1, 0.15) is 36.8 Å². The minimum absolute atomic E-state index is 0.00536. The van der Waals surface area contributed by atoms with Crippen molar-refractivity contribution in [3.8, 4) is 11.5 Å². The van der Waals surface area contributed by atoms with Crippen molar-refractivity contribution >= 4 is 34.4 Å². The molecule has 0 bridgehead atoms. The van der Waals surface area contributed by atoms with Crippen LogP contribution in [0.4, 0.5) is 11.4 Å². The Bertz CT molecular complexity index is 1410. The number of aliphatic carboxylic acids is 1. The van der Waals surface area contributed by atoms with Crippen molar-refractivity contribution in [3.05, 3.63) is 79.9 Å². The summed E-state index contributed by atoms with van der Waals surface area (Å²) in [5.74, 6) is -0.495. The average molecular weight is 631 g/mol. The number of nitrogens with one attached hydrogen (secondary N) is 1. The first-order valence-corrected chi connectivity index (χ1v) is 14.0. The predicted octanol–water partition coefficient (Wildman–Crippen LogP) is 3.04. The number of aliphatic hydroxyl groups is 2. The molecule has 0 aliphatic carbocycles. The van der Waals surface area contributed by atoms with Gasteiger partial charge in [0, 0.05) is 38.2 Å². The highest BCUT2D eigenvalue weighted by Crippen LogP contribution is 2.33. The van der Waals surface area contributed by atoms with Gasteiger partial charge in [0.25, 0.3) is 0 Å². The van der Waals surface area contributed by atoms with Crippen molar-refractivity contribution in [3.63, 3.8) is 0 Å². The molecule has 0 radical (unpaired) electrons. The lowest BCUT2D eigenvalue weighted by Gasteiger charge is -2.26. The van der Waals surface area contributed by atoms with Crippen molar-refractivity contribution in [2.24, 2.45) is 0 Å². The van der Waals surface area contributed by atoms with Crippen LogP contribution in [0.5, 0.6) is 11.5 Å². The molecule has 1 amide bonds. The zero-order chi connectivity index (χ0) is 33.4. The molecule has 2 aliphatic heterocycles. The molecular weight excluding hydrogens is 592 g/mol. The summed E-state index contributed by atoms with van der Waals surface area (Å²) in [5.41, 5.74) is 4.03. The molecule has 45 heavy (non-hydrogen) atoms. The largest absolute Gasteiger partial charge is 0.490 e. The lowest BCUT2D eigenvalue weighted by atomic mass is 9.98. The maximum absolute atomic E-state index is 11.7. The predicted molar refractivity (Wildman–Crippen MR) is 165 cm³/mol. The molecule has 2 aromatic rings. The molecule has 0 saturated heterocycles. The highest BCUT2D eigenvalue weighted by molar-refractivity contribution is 5.78. The van der Waals surface area contributed by atoms with Crippen LogP contribution in [0.3, 0.4) is 0 Å². The number of aliphatic hydroxyl groups excluding tert-OH is 2. The van der Waals surface area contributed by atoms with Gasteiger partial charge in [0.2, 0.25) is 5.91 Å². The van der Waals surface area contributed by atoms with Gasteiger partial charge >= 0.3 is 17.3 Å². The van der Waals surface area contributed by atoms with Crippen LogP contribution in [0.15, 0.2) is 48.6 Å². The lowest BCUT2D eigenvalue weighted by molar-refractivity contribution is -0.385. The summed E-state index contributed by atoms with van der Waals surface area (Å²) >= 11 is 0. The smallest absolute Gasteiger partial charge is 0.310 e. The van der Waals surface area contributed by atoms with Crippen LogP contribution < -0.4 is 14.8 Å². The number of hydrogen-bond donors (Lipinski definition) is 4. The van der Waals surface area contributed by atoms with Gasteiger partial charge in [-0.3, -0.25) is 29.8 Å².